The van der Waals surface area contributed by atoms with Crippen LogP contribution in [0.2, 0.25) is 0 Å². The maximum atomic E-state index is 2.70. The quantitative estimate of drug-likeness (QED) is 0.102. The molecular formula is C47H59N2+. The second-order valence-electron chi connectivity index (χ2n) is 20.3. The fourth-order valence-electron chi connectivity index (χ4n) is 8.86. The van der Waals surface area contributed by atoms with Crippen LogP contribution in [0.25, 0.3) is 59.8 Å². The molecule has 0 saturated heterocycles. The molecule has 0 aliphatic heterocycles. The highest BCUT2D eigenvalue weighted by Gasteiger charge is 2.30. The number of pyridine rings is 2. The van der Waals surface area contributed by atoms with Crippen molar-refractivity contribution in [2.45, 2.75) is 116 Å². The molecule has 0 atom stereocenters. The zero-order valence-corrected chi connectivity index (χ0v) is 32.9. The predicted octanol–water partition coefficient (Wildman–Crippen LogP) is 12.6. The van der Waals surface area contributed by atoms with Gasteiger partial charge in [0.15, 0.2) is 6.20 Å². The molecule has 0 bridgehead atoms. The molecule has 0 unspecified atom stereocenters. The number of nitrogens with zero attached hydrogens (tertiary/aromatic N) is 2. The van der Waals surface area contributed by atoms with E-state index in [-0.39, 0.29) is 21.7 Å². The van der Waals surface area contributed by atoms with E-state index in [0.717, 1.165) is 25.7 Å². The first-order valence-electron chi connectivity index (χ1n) is 18.6. The SMILES string of the molecule is Cc1c2cc(CC(C)(C)C)ccc2c(CC(C)(C)C)c2c1c1c3c(cc[n+]1C)c(CC(C)(C)C)cc1c4cc(CC(C)(C)C)ccc4n2c13. The van der Waals surface area contributed by atoms with Crippen LogP contribution in [-0.2, 0) is 32.7 Å². The van der Waals surface area contributed by atoms with Crippen LogP contribution in [0.15, 0.2) is 54.7 Å². The molecule has 3 aromatic heterocycles. The molecule has 0 saturated carbocycles. The molecule has 7 rings (SSSR count). The van der Waals surface area contributed by atoms with Crippen molar-refractivity contribution in [2.75, 3.05) is 0 Å². The van der Waals surface area contributed by atoms with E-state index >= 15 is 0 Å². The van der Waals surface area contributed by atoms with Crippen molar-refractivity contribution >= 4 is 59.8 Å². The maximum absolute atomic E-state index is 2.70. The Hall–Kier alpha value is -3.65. The van der Waals surface area contributed by atoms with Gasteiger partial charge in [-0.3, -0.25) is 0 Å². The zero-order chi connectivity index (χ0) is 35.6. The highest BCUT2D eigenvalue weighted by Crippen LogP contribution is 2.47. The summed E-state index contributed by atoms with van der Waals surface area (Å²) in [6, 6.07) is 19.7. The Bertz CT molecular complexity index is 2420. The Labute approximate surface area is 294 Å². The molecule has 3 heterocycles. The van der Waals surface area contributed by atoms with E-state index in [0.29, 0.717) is 0 Å². The lowest BCUT2D eigenvalue weighted by atomic mass is 9.81. The van der Waals surface area contributed by atoms with Crippen LogP contribution < -0.4 is 4.57 Å². The number of hydrogen-bond acceptors (Lipinski definition) is 0. The van der Waals surface area contributed by atoms with Gasteiger partial charge in [0.1, 0.15) is 7.05 Å². The Kier molecular flexibility index (Phi) is 7.54. The van der Waals surface area contributed by atoms with Crippen molar-refractivity contribution in [3.8, 4) is 0 Å². The Morgan fingerprint density at radius 3 is 1.69 bits per heavy atom. The molecule has 0 spiro atoms. The van der Waals surface area contributed by atoms with Crippen LogP contribution in [0.1, 0.15) is 111 Å². The highest BCUT2D eigenvalue weighted by atomic mass is 15.0. The number of hydrogen-bond donors (Lipinski definition) is 0. The Morgan fingerprint density at radius 1 is 0.531 bits per heavy atom. The van der Waals surface area contributed by atoms with Crippen molar-refractivity contribution in [3.63, 3.8) is 0 Å². The number of benzene rings is 4. The fourth-order valence-corrected chi connectivity index (χ4v) is 8.86. The first kappa shape index (κ1) is 33.8. The van der Waals surface area contributed by atoms with Gasteiger partial charge in [0, 0.05) is 16.8 Å². The zero-order valence-electron chi connectivity index (χ0n) is 32.9. The summed E-state index contributed by atoms with van der Waals surface area (Å²) < 4.78 is 5.13. The highest BCUT2D eigenvalue weighted by molar-refractivity contribution is 6.29. The predicted molar refractivity (Wildman–Crippen MR) is 215 cm³/mol. The molecule has 0 fully saturated rings. The third-order valence-electron chi connectivity index (χ3n) is 10.4. The summed E-state index contributed by atoms with van der Waals surface area (Å²) in [6.45, 7) is 30.8. The van der Waals surface area contributed by atoms with Crippen LogP contribution >= 0.6 is 0 Å². The summed E-state index contributed by atoms with van der Waals surface area (Å²) in [6.07, 6.45) is 6.49. The molecule has 2 nitrogen and oxygen atoms in total. The van der Waals surface area contributed by atoms with Gasteiger partial charge in [0.05, 0.1) is 27.3 Å². The maximum Gasteiger partial charge on any atom is 0.224 e. The van der Waals surface area contributed by atoms with E-state index in [4.69, 9.17) is 0 Å². The number of aryl methyl sites for hydroxylation is 2. The summed E-state index contributed by atoms with van der Waals surface area (Å²) >= 11 is 0. The first-order chi connectivity index (χ1) is 22.6. The Morgan fingerprint density at radius 2 is 1.10 bits per heavy atom. The molecule has 0 N–H and O–H groups in total. The van der Waals surface area contributed by atoms with Crippen LogP contribution in [0.4, 0.5) is 0 Å². The van der Waals surface area contributed by atoms with Gasteiger partial charge in [-0.2, -0.15) is 0 Å². The van der Waals surface area contributed by atoms with Gasteiger partial charge in [-0.1, -0.05) is 107 Å². The largest absolute Gasteiger partial charge is 0.307 e. The van der Waals surface area contributed by atoms with Crippen molar-refractivity contribution in [1.82, 2.24) is 4.40 Å². The van der Waals surface area contributed by atoms with Gasteiger partial charge in [0.25, 0.3) is 0 Å². The summed E-state index contributed by atoms with van der Waals surface area (Å²) in [4.78, 5) is 0. The lowest BCUT2D eigenvalue weighted by Gasteiger charge is -2.25. The minimum Gasteiger partial charge on any atom is -0.307 e. The lowest BCUT2D eigenvalue weighted by molar-refractivity contribution is -0.643. The first-order valence-corrected chi connectivity index (χ1v) is 18.6. The lowest BCUT2D eigenvalue weighted by Crippen LogP contribution is -2.29. The molecule has 0 amide bonds. The van der Waals surface area contributed by atoms with Gasteiger partial charge >= 0.3 is 0 Å². The van der Waals surface area contributed by atoms with Crippen LogP contribution in [-0.4, -0.2) is 4.40 Å². The van der Waals surface area contributed by atoms with Gasteiger partial charge in [0.2, 0.25) is 5.52 Å². The van der Waals surface area contributed by atoms with E-state index in [1.54, 1.807) is 0 Å². The molecule has 0 radical (unpaired) electrons. The summed E-state index contributed by atoms with van der Waals surface area (Å²) in [5, 5.41) is 9.83. The summed E-state index contributed by atoms with van der Waals surface area (Å²) in [7, 11) is 2.27. The van der Waals surface area contributed by atoms with Crippen molar-refractivity contribution in [1.29, 1.82) is 0 Å². The second kappa shape index (κ2) is 10.9. The summed E-state index contributed by atoms with van der Waals surface area (Å²) in [5.74, 6) is 0. The average molecular weight is 652 g/mol. The third kappa shape index (κ3) is 5.98. The summed E-state index contributed by atoms with van der Waals surface area (Å²) in [5.41, 5.74) is 13.4. The number of rotatable bonds is 4. The molecule has 0 aliphatic carbocycles. The number of aromatic nitrogens is 2. The second-order valence-corrected chi connectivity index (χ2v) is 20.3. The van der Waals surface area contributed by atoms with Crippen LogP contribution in [0.3, 0.4) is 0 Å². The molecule has 7 aromatic rings. The van der Waals surface area contributed by atoms with E-state index in [1.807, 2.05) is 0 Å². The van der Waals surface area contributed by atoms with Gasteiger partial charge < -0.3 is 4.40 Å². The minimum atomic E-state index is 0.118. The van der Waals surface area contributed by atoms with E-state index in [1.165, 1.54) is 87.6 Å². The van der Waals surface area contributed by atoms with E-state index in [2.05, 4.69) is 161 Å². The molecule has 256 valence electrons. The van der Waals surface area contributed by atoms with Gasteiger partial charge in [-0.05, 0) is 116 Å². The monoisotopic (exact) mass is 651 g/mol. The fraction of sp³-hybridized carbons (Fsp3) is 0.468. The van der Waals surface area contributed by atoms with Crippen molar-refractivity contribution < 1.29 is 4.57 Å². The average Bonchev–Trinajstić information content (AvgIpc) is 3.25. The van der Waals surface area contributed by atoms with E-state index in [9.17, 15) is 0 Å². The standard InChI is InChI=1S/C47H59N2/c1-28-34-21-29(24-44(2,3)4)15-17-33(34)37(27-47(11,12)13)42-39(28)43-40-32(19-20-48(43)14)31(26-46(8,9)10)23-36-35-22-30(25-45(5,6)7)16-18-38(35)49(42)41(36)40/h15-23H,24-27H2,1-14H3/q+1. The van der Waals surface area contributed by atoms with Crippen LogP contribution in [0.5, 0.6) is 0 Å². The minimum absolute atomic E-state index is 0.118. The van der Waals surface area contributed by atoms with Gasteiger partial charge in [-0.15, -0.1) is 0 Å². The molecule has 0 aliphatic rings. The molecular weight excluding hydrogens is 593 g/mol. The Balaban J connectivity index is 1.78. The van der Waals surface area contributed by atoms with Gasteiger partial charge in [-0.25, -0.2) is 4.57 Å². The topological polar surface area (TPSA) is 8.29 Å². The van der Waals surface area contributed by atoms with Crippen LogP contribution in [0, 0.1) is 28.6 Å². The normalized spacial score (nSPS) is 13.8. The molecule has 2 heteroatoms. The van der Waals surface area contributed by atoms with Crippen molar-refractivity contribution in [3.05, 3.63) is 82.5 Å². The number of fused-ring (bicyclic) bond motifs is 7. The molecule has 49 heavy (non-hydrogen) atoms. The van der Waals surface area contributed by atoms with E-state index < -0.39 is 0 Å². The van der Waals surface area contributed by atoms with Crippen molar-refractivity contribution in [2.24, 2.45) is 28.7 Å². The molecule has 4 aromatic carbocycles. The smallest absolute Gasteiger partial charge is 0.224 e. The third-order valence-corrected chi connectivity index (χ3v) is 10.4.